The molecule has 1 fully saturated rings. The fourth-order valence-electron chi connectivity index (χ4n) is 6.86. The summed E-state index contributed by atoms with van der Waals surface area (Å²) in [4.78, 5) is 14.7. The van der Waals surface area contributed by atoms with Crippen LogP contribution < -0.4 is 4.90 Å². The Morgan fingerprint density at radius 1 is 0.633 bits per heavy atom. The van der Waals surface area contributed by atoms with Crippen molar-refractivity contribution < 1.29 is 0 Å². The maximum atomic E-state index is 4.74. The molecule has 0 spiro atoms. The van der Waals surface area contributed by atoms with Crippen LogP contribution in [-0.4, -0.2) is 34.0 Å². The second kappa shape index (κ2) is 17.5. The van der Waals surface area contributed by atoms with E-state index in [2.05, 4.69) is 125 Å². The van der Waals surface area contributed by atoms with Crippen LogP contribution in [-0.2, 0) is 13.1 Å². The molecule has 3 aromatic carbocycles. The minimum absolute atomic E-state index is 0. The van der Waals surface area contributed by atoms with Gasteiger partial charge in [0, 0.05) is 67.6 Å². The van der Waals surface area contributed by atoms with Gasteiger partial charge in [-0.2, -0.15) is 0 Å². The lowest BCUT2D eigenvalue weighted by molar-refractivity contribution is 0.201. The molecule has 0 bridgehead atoms. The molecular formula is C42H51Cl3N4. The first-order valence-electron chi connectivity index (χ1n) is 16.8. The topological polar surface area (TPSA) is 32.3 Å². The van der Waals surface area contributed by atoms with Crippen molar-refractivity contribution in [2.75, 3.05) is 18.0 Å². The molecule has 4 nitrogen and oxygen atoms in total. The molecule has 0 aliphatic carbocycles. The third-order valence-electron chi connectivity index (χ3n) is 10.2. The highest BCUT2D eigenvalue weighted by atomic mass is 35.5. The zero-order valence-corrected chi connectivity index (χ0v) is 32.4. The summed E-state index contributed by atoms with van der Waals surface area (Å²) < 4.78 is 0. The Morgan fingerprint density at radius 3 is 1.80 bits per heavy atom. The second-order valence-corrected chi connectivity index (χ2v) is 13.6. The number of rotatable bonds is 8. The molecule has 0 radical (unpaired) electrons. The van der Waals surface area contributed by atoms with Gasteiger partial charge in [0.1, 0.15) is 0 Å². The molecule has 0 N–H and O–H groups in total. The molecule has 3 heterocycles. The molecule has 1 aliphatic rings. The van der Waals surface area contributed by atoms with Crippen molar-refractivity contribution >= 4 is 42.9 Å². The van der Waals surface area contributed by atoms with Gasteiger partial charge in [-0.1, -0.05) is 29.8 Å². The molecule has 7 heteroatoms. The van der Waals surface area contributed by atoms with Gasteiger partial charge in [-0.05, 0) is 154 Å². The predicted molar refractivity (Wildman–Crippen MR) is 215 cm³/mol. The van der Waals surface area contributed by atoms with Gasteiger partial charge < -0.3 is 4.90 Å². The molecule has 49 heavy (non-hydrogen) atoms. The number of benzene rings is 3. The van der Waals surface area contributed by atoms with Gasteiger partial charge in [0.05, 0.1) is 5.69 Å². The summed E-state index contributed by atoms with van der Waals surface area (Å²) in [7, 11) is 0. The van der Waals surface area contributed by atoms with Gasteiger partial charge in [-0.3, -0.25) is 14.9 Å². The number of aryl methyl sites for hydroxylation is 5. The van der Waals surface area contributed by atoms with Crippen LogP contribution >= 0.6 is 37.2 Å². The number of anilines is 1. The van der Waals surface area contributed by atoms with E-state index < -0.39 is 0 Å². The largest absolute Gasteiger partial charge is 0.364 e. The van der Waals surface area contributed by atoms with E-state index in [9.17, 15) is 0 Å². The van der Waals surface area contributed by atoms with E-state index in [4.69, 9.17) is 9.97 Å². The van der Waals surface area contributed by atoms with Crippen molar-refractivity contribution in [3.63, 3.8) is 0 Å². The van der Waals surface area contributed by atoms with Crippen molar-refractivity contribution in [2.24, 2.45) is 0 Å². The first-order valence-corrected chi connectivity index (χ1v) is 16.8. The van der Waals surface area contributed by atoms with Crippen LogP contribution in [0, 0.1) is 48.5 Å². The predicted octanol–water partition coefficient (Wildman–Crippen LogP) is 10.9. The summed E-state index contributed by atoms with van der Waals surface area (Å²) in [5.74, 6) is 0. The van der Waals surface area contributed by atoms with Crippen LogP contribution in [0.2, 0.25) is 0 Å². The van der Waals surface area contributed by atoms with Gasteiger partial charge in [-0.15, -0.1) is 37.2 Å². The average Bonchev–Trinajstić information content (AvgIpc) is 3.06. The highest BCUT2D eigenvalue weighted by Crippen LogP contribution is 2.30. The van der Waals surface area contributed by atoms with Crippen molar-refractivity contribution in [3.05, 3.63) is 135 Å². The van der Waals surface area contributed by atoms with Gasteiger partial charge >= 0.3 is 0 Å². The maximum Gasteiger partial charge on any atom is 0.0705 e. The number of hydrogen-bond acceptors (Lipinski definition) is 4. The fourth-order valence-corrected chi connectivity index (χ4v) is 6.86. The van der Waals surface area contributed by atoms with Gasteiger partial charge in [-0.25, -0.2) is 0 Å². The summed E-state index contributed by atoms with van der Waals surface area (Å²) in [6, 6.07) is 25.5. The van der Waals surface area contributed by atoms with Crippen LogP contribution in [0.25, 0.3) is 22.4 Å². The third kappa shape index (κ3) is 9.43. The highest BCUT2D eigenvalue weighted by Gasteiger charge is 2.26. The Morgan fingerprint density at radius 2 is 1.20 bits per heavy atom. The first kappa shape index (κ1) is 40.0. The van der Waals surface area contributed by atoms with E-state index in [1.165, 1.54) is 72.4 Å². The molecular weight excluding hydrogens is 667 g/mol. The molecule has 6 rings (SSSR count). The van der Waals surface area contributed by atoms with E-state index in [0.29, 0.717) is 6.04 Å². The maximum absolute atomic E-state index is 4.74. The van der Waals surface area contributed by atoms with Crippen molar-refractivity contribution in [3.8, 4) is 22.4 Å². The number of aromatic nitrogens is 2. The average molecular weight is 718 g/mol. The molecule has 260 valence electrons. The Balaban J connectivity index is 0.00000217. The molecule has 0 amide bonds. The normalized spacial score (nSPS) is 13.2. The lowest BCUT2D eigenvalue weighted by atomic mass is 9.96. The van der Waals surface area contributed by atoms with Gasteiger partial charge in [0.2, 0.25) is 0 Å². The Labute approximate surface area is 312 Å². The first-order chi connectivity index (χ1) is 22.1. The number of hydrogen-bond donors (Lipinski definition) is 0. The molecule has 0 unspecified atom stereocenters. The molecule has 0 saturated carbocycles. The lowest BCUT2D eigenvalue weighted by Gasteiger charge is -2.40. The van der Waals surface area contributed by atoms with Crippen molar-refractivity contribution in [2.45, 2.75) is 80.4 Å². The Kier molecular flexibility index (Phi) is 14.3. The molecule has 1 aliphatic heterocycles. The summed E-state index contributed by atoms with van der Waals surface area (Å²) in [5.41, 5.74) is 17.9. The van der Waals surface area contributed by atoms with Crippen LogP contribution in [0.4, 0.5) is 5.69 Å². The van der Waals surface area contributed by atoms with E-state index in [-0.39, 0.29) is 37.2 Å². The number of pyridine rings is 2. The summed E-state index contributed by atoms with van der Waals surface area (Å²) in [6.07, 6.45) is 8.29. The zero-order valence-electron chi connectivity index (χ0n) is 29.9. The van der Waals surface area contributed by atoms with Crippen LogP contribution in [0.15, 0.2) is 85.3 Å². The number of nitrogens with zero attached hydrogens (tertiary/aromatic N) is 4. The van der Waals surface area contributed by atoms with Crippen LogP contribution in [0.3, 0.4) is 0 Å². The standard InChI is InChI=1S/C42H48N4.3ClH/c1-28-8-10-40(11-9-28)46(27-36-22-39(25-43-24-36)37-18-29(2)33(6)30(3)19-37)41-13-16-45(17-14-41)26-35-12-15-44-42(23-35)38-20-31(4)34(7)32(5)21-38;;;/h8-12,15,18-25,41H,13-14,16-17,26-27H2,1-7H3;3*1H. The summed E-state index contributed by atoms with van der Waals surface area (Å²) in [5, 5.41) is 0. The number of halogens is 3. The Bertz CT molecular complexity index is 1800. The SMILES string of the molecule is Cc1ccc(N(Cc2cncc(-c3cc(C)c(C)c(C)c3)c2)C2CCN(Cc3ccnc(-c4cc(C)c(C)c(C)c4)c3)CC2)cc1.Cl.Cl.Cl. The molecule has 0 atom stereocenters. The Hall–Kier alpha value is -3.41. The van der Waals surface area contributed by atoms with Crippen molar-refractivity contribution in [1.82, 2.24) is 14.9 Å². The minimum atomic E-state index is 0. The minimum Gasteiger partial charge on any atom is -0.364 e. The monoisotopic (exact) mass is 716 g/mol. The fraction of sp³-hybridized carbons (Fsp3) is 0.333. The second-order valence-electron chi connectivity index (χ2n) is 13.6. The number of likely N-dealkylation sites (tertiary alicyclic amines) is 1. The summed E-state index contributed by atoms with van der Waals surface area (Å²) in [6.45, 7) is 19.3. The number of piperidine rings is 1. The smallest absolute Gasteiger partial charge is 0.0705 e. The zero-order chi connectivity index (χ0) is 32.4. The quantitative estimate of drug-likeness (QED) is 0.160. The van der Waals surface area contributed by atoms with Crippen LogP contribution in [0.5, 0.6) is 0 Å². The van der Waals surface area contributed by atoms with E-state index in [1.54, 1.807) is 0 Å². The molecule has 2 aromatic heterocycles. The highest BCUT2D eigenvalue weighted by molar-refractivity contribution is 5.86. The van der Waals surface area contributed by atoms with E-state index in [0.717, 1.165) is 44.7 Å². The van der Waals surface area contributed by atoms with E-state index in [1.807, 2.05) is 18.6 Å². The van der Waals surface area contributed by atoms with E-state index >= 15 is 0 Å². The lowest BCUT2D eigenvalue weighted by Crippen LogP contribution is -2.44. The van der Waals surface area contributed by atoms with Crippen molar-refractivity contribution in [1.29, 1.82) is 0 Å². The van der Waals surface area contributed by atoms with Gasteiger partial charge in [0.15, 0.2) is 0 Å². The third-order valence-corrected chi connectivity index (χ3v) is 10.2. The van der Waals surface area contributed by atoms with Crippen LogP contribution in [0.1, 0.15) is 62.9 Å². The molecule has 1 saturated heterocycles. The van der Waals surface area contributed by atoms with Gasteiger partial charge in [0.25, 0.3) is 0 Å². The summed E-state index contributed by atoms with van der Waals surface area (Å²) >= 11 is 0. The molecule has 5 aromatic rings.